The monoisotopic (exact) mass is 246 g/mol. The number of carbonyl (C=O) groups excluding carboxylic acids is 1. The van der Waals surface area contributed by atoms with Crippen LogP contribution in [-0.4, -0.2) is 10.8 Å². The van der Waals surface area contributed by atoms with Crippen molar-refractivity contribution in [3.8, 4) is 10.4 Å². The Kier molecular flexibility index (Phi) is 2.98. The lowest BCUT2D eigenvalue weighted by Gasteiger charge is -2.05. The number of ketones is 1. The smallest absolute Gasteiger partial charge is 0.181 e. The topological polar surface area (TPSA) is 56.0 Å². The molecule has 88 valence electrons. The van der Waals surface area contributed by atoms with Gasteiger partial charge in [-0.2, -0.15) is 0 Å². The standard InChI is InChI=1S/C13H14N2OS/c1-7-4-5-10(8(2)6-7)12-11(9(3)16)15-13(14)17-12/h4-6H,1-3H3,(H2,14,15). The van der Waals surface area contributed by atoms with Crippen LogP contribution in [0.5, 0.6) is 0 Å². The van der Waals surface area contributed by atoms with E-state index in [2.05, 4.69) is 11.1 Å². The summed E-state index contributed by atoms with van der Waals surface area (Å²) in [5.74, 6) is -0.0482. The highest BCUT2D eigenvalue weighted by molar-refractivity contribution is 7.19. The van der Waals surface area contributed by atoms with Gasteiger partial charge in [0.15, 0.2) is 10.9 Å². The molecule has 0 aliphatic carbocycles. The van der Waals surface area contributed by atoms with E-state index in [0.717, 1.165) is 16.0 Å². The Morgan fingerprint density at radius 2 is 2.06 bits per heavy atom. The molecule has 0 amide bonds. The lowest BCUT2D eigenvalue weighted by molar-refractivity contribution is 0.101. The van der Waals surface area contributed by atoms with E-state index in [9.17, 15) is 4.79 Å². The number of hydrogen-bond donors (Lipinski definition) is 1. The minimum Gasteiger partial charge on any atom is -0.375 e. The van der Waals surface area contributed by atoms with Gasteiger partial charge in [0.1, 0.15) is 5.69 Å². The van der Waals surface area contributed by atoms with Gasteiger partial charge in [-0.3, -0.25) is 4.79 Å². The predicted molar refractivity (Wildman–Crippen MR) is 71.4 cm³/mol. The second-order valence-electron chi connectivity index (χ2n) is 4.10. The summed E-state index contributed by atoms with van der Waals surface area (Å²) in [4.78, 5) is 16.5. The average molecular weight is 246 g/mol. The fourth-order valence-electron chi connectivity index (χ4n) is 1.83. The van der Waals surface area contributed by atoms with E-state index in [4.69, 9.17) is 5.73 Å². The van der Waals surface area contributed by atoms with Gasteiger partial charge in [0, 0.05) is 6.92 Å². The van der Waals surface area contributed by atoms with Gasteiger partial charge in [-0.15, -0.1) is 0 Å². The van der Waals surface area contributed by atoms with Crippen molar-refractivity contribution in [3.63, 3.8) is 0 Å². The number of nitrogens with two attached hydrogens (primary N) is 1. The van der Waals surface area contributed by atoms with Crippen LogP contribution in [0.2, 0.25) is 0 Å². The van der Waals surface area contributed by atoms with Crippen LogP contribution >= 0.6 is 11.3 Å². The Labute approximate surface area is 104 Å². The van der Waals surface area contributed by atoms with Crippen LogP contribution in [0.25, 0.3) is 10.4 Å². The maximum atomic E-state index is 11.5. The quantitative estimate of drug-likeness (QED) is 0.828. The highest BCUT2D eigenvalue weighted by Crippen LogP contribution is 2.34. The summed E-state index contributed by atoms with van der Waals surface area (Å²) in [6.45, 7) is 5.59. The number of benzene rings is 1. The second kappa shape index (κ2) is 4.30. The first-order valence-electron chi connectivity index (χ1n) is 5.34. The van der Waals surface area contributed by atoms with Crippen LogP contribution in [-0.2, 0) is 0 Å². The molecule has 2 aromatic rings. The normalized spacial score (nSPS) is 10.5. The van der Waals surface area contributed by atoms with Crippen molar-refractivity contribution in [1.82, 2.24) is 4.98 Å². The van der Waals surface area contributed by atoms with E-state index in [0.29, 0.717) is 10.8 Å². The number of anilines is 1. The lowest BCUT2D eigenvalue weighted by atomic mass is 10.0. The summed E-state index contributed by atoms with van der Waals surface area (Å²) < 4.78 is 0. The molecule has 2 N–H and O–H groups in total. The number of nitrogen functional groups attached to an aromatic ring is 1. The molecular formula is C13H14N2OS. The van der Waals surface area contributed by atoms with Crippen molar-refractivity contribution >= 4 is 22.3 Å². The maximum absolute atomic E-state index is 11.5. The van der Waals surface area contributed by atoms with Crippen molar-refractivity contribution in [3.05, 3.63) is 35.0 Å². The highest BCUT2D eigenvalue weighted by Gasteiger charge is 2.16. The third kappa shape index (κ3) is 2.22. The number of nitrogens with zero attached hydrogens (tertiary/aromatic N) is 1. The summed E-state index contributed by atoms with van der Waals surface area (Å²) in [5.41, 5.74) is 9.54. The number of thiazole rings is 1. The molecule has 0 spiro atoms. The van der Waals surface area contributed by atoms with E-state index in [-0.39, 0.29) is 5.78 Å². The second-order valence-corrected chi connectivity index (χ2v) is 5.14. The molecule has 0 radical (unpaired) electrons. The van der Waals surface area contributed by atoms with Crippen LogP contribution < -0.4 is 5.73 Å². The Morgan fingerprint density at radius 1 is 1.35 bits per heavy atom. The highest BCUT2D eigenvalue weighted by atomic mass is 32.1. The molecule has 0 fully saturated rings. The maximum Gasteiger partial charge on any atom is 0.181 e. The fraction of sp³-hybridized carbons (Fsp3) is 0.231. The Balaban J connectivity index is 2.63. The Bertz CT molecular complexity index is 587. The number of carbonyl (C=O) groups is 1. The van der Waals surface area contributed by atoms with Gasteiger partial charge in [0.2, 0.25) is 0 Å². The minimum atomic E-state index is -0.0482. The molecule has 0 saturated heterocycles. The molecule has 1 aromatic carbocycles. The fourth-order valence-corrected chi connectivity index (χ4v) is 2.80. The van der Waals surface area contributed by atoms with Crippen LogP contribution in [0.15, 0.2) is 18.2 Å². The van der Waals surface area contributed by atoms with Gasteiger partial charge in [-0.1, -0.05) is 35.1 Å². The summed E-state index contributed by atoms with van der Waals surface area (Å²) in [6, 6.07) is 6.14. The molecule has 0 atom stereocenters. The molecule has 0 aliphatic heterocycles. The summed E-state index contributed by atoms with van der Waals surface area (Å²) >= 11 is 1.36. The molecule has 0 aliphatic rings. The average Bonchev–Trinajstić information content (AvgIpc) is 2.60. The minimum absolute atomic E-state index is 0.0482. The first-order valence-corrected chi connectivity index (χ1v) is 6.15. The molecule has 1 aromatic heterocycles. The van der Waals surface area contributed by atoms with Crippen molar-refractivity contribution in [1.29, 1.82) is 0 Å². The molecule has 3 nitrogen and oxygen atoms in total. The number of aryl methyl sites for hydroxylation is 2. The first-order chi connectivity index (χ1) is 7.99. The zero-order chi connectivity index (χ0) is 12.6. The van der Waals surface area contributed by atoms with Crippen molar-refractivity contribution < 1.29 is 4.79 Å². The zero-order valence-electron chi connectivity index (χ0n) is 10.1. The van der Waals surface area contributed by atoms with Crippen LogP contribution in [0.1, 0.15) is 28.5 Å². The number of Topliss-reactive ketones (excluding diaryl/α,β-unsaturated/α-hetero) is 1. The van der Waals surface area contributed by atoms with Gasteiger partial charge < -0.3 is 5.73 Å². The van der Waals surface area contributed by atoms with Gasteiger partial charge in [0.25, 0.3) is 0 Å². The summed E-state index contributed by atoms with van der Waals surface area (Å²) in [5, 5.41) is 0.435. The molecule has 17 heavy (non-hydrogen) atoms. The Morgan fingerprint density at radius 3 is 2.65 bits per heavy atom. The van der Waals surface area contributed by atoms with E-state index in [1.807, 2.05) is 26.0 Å². The molecule has 2 rings (SSSR count). The molecule has 4 heteroatoms. The van der Waals surface area contributed by atoms with Gasteiger partial charge in [0.05, 0.1) is 4.88 Å². The molecule has 0 unspecified atom stereocenters. The van der Waals surface area contributed by atoms with E-state index < -0.39 is 0 Å². The van der Waals surface area contributed by atoms with Crippen molar-refractivity contribution in [2.45, 2.75) is 20.8 Å². The summed E-state index contributed by atoms with van der Waals surface area (Å²) in [6.07, 6.45) is 0. The Hall–Kier alpha value is -1.68. The molecule has 1 heterocycles. The number of hydrogen-bond acceptors (Lipinski definition) is 4. The lowest BCUT2D eigenvalue weighted by Crippen LogP contribution is -1.96. The predicted octanol–water partition coefficient (Wildman–Crippen LogP) is 3.21. The SMILES string of the molecule is CC(=O)c1nc(N)sc1-c1ccc(C)cc1C. The van der Waals surface area contributed by atoms with Gasteiger partial charge in [-0.05, 0) is 25.0 Å². The van der Waals surface area contributed by atoms with Gasteiger partial charge in [-0.25, -0.2) is 4.98 Å². The number of rotatable bonds is 2. The van der Waals surface area contributed by atoms with Gasteiger partial charge >= 0.3 is 0 Å². The van der Waals surface area contributed by atoms with Crippen molar-refractivity contribution in [2.75, 3.05) is 5.73 Å². The third-order valence-corrected chi connectivity index (χ3v) is 3.52. The first kappa shape index (κ1) is 11.8. The van der Waals surface area contributed by atoms with Crippen molar-refractivity contribution in [2.24, 2.45) is 0 Å². The van der Waals surface area contributed by atoms with E-state index in [1.54, 1.807) is 0 Å². The zero-order valence-corrected chi connectivity index (χ0v) is 10.9. The molecule has 0 saturated carbocycles. The van der Waals surface area contributed by atoms with Crippen LogP contribution in [0.4, 0.5) is 5.13 Å². The van der Waals surface area contributed by atoms with E-state index in [1.165, 1.54) is 23.8 Å². The third-order valence-electron chi connectivity index (χ3n) is 2.60. The largest absolute Gasteiger partial charge is 0.375 e. The number of aromatic nitrogens is 1. The van der Waals surface area contributed by atoms with E-state index >= 15 is 0 Å². The summed E-state index contributed by atoms with van der Waals surface area (Å²) in [7, 11) is 0. The van der Waals surface area contributed by atoms with Crippen LogP contribution in [0.3, 0.4) is 0 Å². The van der Waals surface area contributed by atoms with Crippen LogP contribution in [0, 0.1) is 13.8 Å². The molecule has 0 bridgehead atoms. The molecular weight excluding hydrogens is 232 g/mol.